The molecule has 0 spiro atoms. The number of hydrogen-bond acceptors (Lipinski definition) is 4. The average molecular weight is 418 g/mol. The Hall–Kier alpha value is -2.57. The first kappa shape index (κ1) is 22.1. The van der Waals surface area contributed by atoms with Crippen molar-refractivity contribution in [3.8, 4) is 5.88 Å². The van der Waals surface area contributed by atoms with E-state index in [2.05, 4.69) is 16.9 Å². The van der Waals surface area contributed by atoms with E-state index in [9.17, 15) is 18.4 Å². The summed E-state index contributed by atoms with van der Waals surface area (Å²) in [6.07, 6.45) is 5.10. The van der Waals surface area contributed by atoms with Crippen molar-refractivity contribution in [3.05, 3.63) is 57.6 Å². The molecule has 1 aliphatic carbocycles. The lowest BCUT2D eigenvalue weighted by molar-refractivity contribution is 0.0924. The molecule has 2 heterocycles. The van der Waals surface area contributed by atoms with Crippen LogP contribution in [0.4, 0.5) is 8.78 Å². The molecule has 3 rings (SSSR count). The number of aromatic amines is 1. The number of methoxy groups -OCH3 is 1. The van der Waals surface area contributed by atoms with Gasteiger partial charge in [0.2, 0.25) is 11.4 Å². The molecule has 0 saturated heterocycles. The molecular formula is C23H28F2N2O3. The molecule has 30 heavy (non-hydrogen) atoms. The summed E-state index contributed by atoms with van der Waals surface area (Å²) in [6.45, 7) is 2.08. The number of pyridine rings is 2. The summed E-state index contributed by atoms with van der Waals surface area (Å²) in [6, 6.07) is 4.61. The molecule has 5 nitrogen and oxygen atoms in total. The molecule has 1 saturated carbocycles. The maximum Gasteiger partial charge on any atom is 0.269 e. The maximum atomic E-state index is 13.6. The molecule has 0 radical (unpaired) electrons. The third-order valence-corrected chi connectivity index (χ3v) is 6.36. The molecule has 1 aliphatic rings. The van der Waals surface area contributed by atoms with E-state index in [-0.39, 0.29) is 34.6 Å². The fraction of sp³-hybridized carbons (Fsp3) is 0.522. The van der Waals surface area contributed by atoms with Crippen molar-refractivity contribution >= 4 is 5.78 Å². The molecule has 0 unspecified atom stereocenters. The van der Waals surface area contributed by atoms with E-state index < -0.39 is 6.43 Å². The minimum absolute atomic E-state index is 0.00237. The van der Waals surface area contributed by atoms with Crippen LogP contribution in [0, 0.1) is 11.8 Å². The van der Waals surface area contributed by atoms with E-state index in [1.165, 1.54) is 25.6 Å². The Labute approximate surface area is 174 Å². The van der Waals surface area contributed by atoms with Gasteiger partial charge in [-0.2, -0.15) is 0 Å². The Morgan fingerprint density at radius 3 is 2.53 bits per heavy atom. The van der Waals surface area contributed by atoms with Crippen molar-refractivity contribution in [2.24, 2.45) is 11.8 Å². The molecule has 0 bridgehead atoms. The van der Waals surface area contributed by atoms with Crippen LogP contribution >= 0.6 is 0 Å². The van der Waals surface area contributed by atoms with Gasteiger partial charge in [-0.05, 0) is 61.1 Å². The van der Waals surface area contributed by atoms with Crippen LogP contribution in [-0.2, 0) is 0 Å². The van der Waals surface area contributed by atoms with Gasteiger partial charge in [0.15, 0.2) is 5.78 Å². The number of ketones is 1. The molecular weight excluding hydrogens is 390 g/mol. The van der Waals surface area contributed by atoms with Gasteiger partial charge in [0.1, 0.15) is 0 Å². The molecule has 1 atom stereocenters. The quantitative estimate of drug-likeness (QED) is 0.591. The van der Waals surface area contributed by atoms with Gasteiger partial charge in [-0.15, -0.1) is 0 Å². The predicted octanol–water partition coefficient (Wildman–Crippen LogP) is 5.29. The topological polar surface area (TPSA) is 72.0 Å². The number of nitrogens with one attached hydrogen (secondary N) is 1. The van der Waals surface area contributed by atoms with Crippen LogP contribution in [0.25, 0.3) is 0 Å². The van der Waals surface area contributed by atoms with Crippen LogP contribution in [0.2, 0.25) is 0 Å². The van der Waals surface area contributed by atoms with Crippen LogP contribution in [-0.4, -0.2) is 22.9 Å². The zero-order valence-corrected chi connectivity index (χ0v) is 17.4. The summed E-state index contributed by atoms with van der Waals surface area (Å²) in [5.41, 5.74) is 0.830. The molecule has 1 fully saturated rings. The maximum absolute atomic E-state index is 13.6. The fourth-order valence-corrected chi connectivity index (χ4v) is 4.69. The summed E-state index contributed by atoms with van der Waals surface area (Å²) in [5, 5.41) is 0. The first-order valence-corrected chi connectivity index (χ1v) is 10.5. The smallest absolute Gasteiger partial charge is 0.269 e. The lowest BCUT2D eigenvalue weighted by Gasteiger charge is -2.34. The number of carbonyl (C=O) groups is 1. The highest BCUT2D eigenvalue weighted by atomic mass is 19.3. The molecule has 2 aromatic heterocycles. The Kier molecular flexibility index (Phi) is 7.34. The number of H-pyrrole nitrogens is 1. The summed E-state index contributed by atoms with van der Waals surface area (Å²) in [5.74, 6) is 0.708. The Morgan fingerprint density at radius 1 is 1.23 bits per heavy atom. The van der Waals surface area contributed by atoms with Gasteiger partial charge in [-0.1, -0.05) is 13.3 Å². The number of carbonyl (C=O) groups excluding carboxylic acids is 1. The number of hydrogen-bond donors (Lipinski definition) is 1. The third-order valence-electron chi connectivity index (χ3n) is 6.36. The Morgan fingerprint density at radius 2 is 1.97 bits per heavy atom. The largest absolute Gasteiger partial charge is 0.481 e. The minimum Gasteiger partial charge on any atom is -0.481 e. The zero-order valence-electron chi connectivity index (χ0n) is 17.4. The zero-order chi connectivity index (χ0) is 21.7. The summed E-state index contributed by atoms with van der Waals surface area (Å²) < 4.78 is 32.3. The monoisotopic (exact) mass is 418 g/mol. The Bertz CT molecular complexity index is 900. The number of aromatic nitrogens is 2. The molecule has 2 aromatic rings. The molecule has 7 heteroatoms. The highest BCUT2D eigenvalue weighted by Crippen LogP contribution is 2.44. The van der Waals surface area contributed by atoms with E-state index >= 15 is 0 Å². The summed E-state index contributed by atoms with van der Waals surface area (Å²) in [4.78, 5) is 30.3. The van der Waals surface area contributed by atoms with E-state index in [1.54, 1.807) is 12.1 Å². The van der Waals surface area contributed by atoms with Crippen LogP contribution in [0.5, 0.6) is 5.88 Å². The standard InChI is InChI=1S/C23H28F2N2O3/c1-3-14(12-19(28)17-8-9-20(29)27-13-17)15-4-6-16(7-5-15)18-10-11-26-23(30-2)21(18)22(24)25/h8-11,13-16,22H,3-7,12H2,1-2H3,(H,27,29)/t14-,15?,16?/m1/s1. The minimum atomic E-state index is -2.63. The fourth-order valence-electron chi connectivity index (χ4n) is 4.69. The van der Waals surface area contributed by atoms with Gasteiger partial charge in [0.05, 0.1) is 12.7 Å². The number of ether oxygens (including phenoxy) is 1. The molecule has 0 aromatic carbocycles. The second-order valence-corrected chi connectivity index (χ2v) is 7.97. The lowest BCUT2D eigenvalue weighted by atomic mass is 9.71. The second-order valence-electron chi connectivity index (χ2n) is 7.97. The van der Waals surface area contributed by atoms with Gasteiger partial charge in [-0.3, -0.25) is 9.59 Å². The van der Waals surface area contributed by atoms with Gasteiger partial charge >= 0.3 is 0 Å². The molecule has 1 N–H and O–H groups in total. The number of nitrogens with zero attached hydrogens (tertiary/aromatic N) is 1. The number of rotatable bonds is 8. The number of alkyl halides is 2. The molecule has 0 amide bonds. The van der Waals surface area contributed by atoms with E-state index in [4.69, 9.17) is 4.74 Å². The van der Waals surface area contributed by atoms with E-state index in [0.29, 0.717) is 23.5 Å². The molecule has 162 valence electrons. The van der Waals surface area contributed by atoms with E-state index in [0.717, 1.165) is 32.1 Å². The van der Waals surface area contributed by atoms with Crippen LogP contribution in [0.15, 0.2) is 35.4 Å². The van der Waals surface area contributed by atoms with Crippen molar-refractivity contribution in [1.29, 1.82) is 0 Å². The van der Waals surface area contributed by atoms with Crippen LogP contribution in [0.1, 0.15) is 79.3 Å². The Balaban J connectivity index is 1.66. The first-order chi connectivity index (χ1) is 14.4. The number of halogens is 2. The SMILES string of the molecule is CC[C@H](CC(=O)c1ccc(=O)[nH]c1)C1CCC(c2ccnc(OC)c2C(F)F)CC1. The van der Waals surface area contributed by atoms with Gasteiger partial charge < -0.3 is 9.72 Å². The average Bonchev–Trinajstić information content (AvgIpc) is 2.77. The molecule has 0 aliphatic heterocycles. The summed E-state index contributed by atoms with van der Waals surface area (Å²) in [7, 11) is 1.36. The van der Waals surface area contributed by atoms with E-state index in [1.807, 2.05) is 0 Å². The highest BCUT2D eigenvalue weighted by Gasteiger charge is 2.32. The van der Waals surface area contributed by atoms with Gasteiger partial charge in [0.25, 0.3) is 6.43 Å². The van der Waals surface area contributed by atoms with Crippen LogP contribution < -0.4 is 10.3 Å². The number of Topliss-reactive ketones (excluding diaryl/α,β-unsaturated/α-hetero) is 1. The van der Waals surface area contributed by atoms with Gasteiger partial charge in [0, 0.05) is 30.4 Å². The normalized spacial score (nSPS) is 20.2. The third kappa shape index (κ3) is 4.94. The highest BCUT2D eigenvalue weighted by molar-refractivity contribution is 5.95. The predicted molar refractivity (Wildman–Crippen MR) is 110 cm³/mol. The van der Waals surface area contributed by atoms with Crippen molar-refractivity contribution in [3.63, 3.8) is 0 Å². The van der Waals surface area contributed by atoms with Gasteiger partial charge in [-0.25, -0.2) is 13.8 Å². The van der Waals surface area contributed by atoms with Crippen molar-refractivity contribution in [2.45, 2.75) is 57.8 Å². The van der Waals surface area contributed by atoms with Crippen molar-refractivity contribution < 1.29 is 18.3 Å². The van der Waals surface area contributed by atoms with Crippen molar-refractivity contribution in [2.75, 3.05) is 7.11 Å². The van der Waals surface area contributed by atoms with Crippen molar-refractivity contribution in [1.82, 2.24) is 9.97 Å². The summed E-state index contributed by atoms with van der Waals surface area (Å²) >= 11 is 0. The van der Waals surface area contributed by atoms with Crippen LogP contribution in [0.3, 0.4) is 0 Å². The second kappa shape index (κ2) is 9.96. The lowest BCUT2D eigenvalue weighted by Crippen LogP contribution is -2.24. The first-order valence-electron chi connectivity index (χ1n) is 10.5.